The van der Waals surface area contributed by atoms with Gasteiger partial charge < -0.3 is 10.3 Å². The minimum absolute atomic E-state index is 0.156. The van der Waals surface area contributed by atoms with E-state index in [1.807, 2.05) is 0 Å². The number of aromatic nitrogens is 1. The van der Waals surface area contributed by atoms with Crippen molar-refractivity contribution in [3.63, 3.8) is 0 Å². The van der Waals surface area contributed by atoms with E-state index >= 15 is 0 Å². The maximum Gasteiger partial charge on any atom is 0.416 e. The first-order valence-electron chi connectivity index (χ1n) is 6.28. The van der Waals surface area contributed by atoms with Gasteiger partial charge in [-0.3, -0.25) is 4.99 Å². The van der Waals surface area contributed by atoms with Crippen molar-refractivity contribution in [2.75, 3.05) is 7.05 Å². The zero-order valence-electron chi connectivity index (χ0n) is 11.7. The Kier molecular flexibility index (Phi) is 4.50. The van der Waals surface area contributed by atoms with Gasteiger partial charge in [0.25, 0.3) is 0 Å². The third kappa shape index (κ3) is 3.66. The average Bonchev–Trinajstić information content (AvgIpc) is 2.94. The van der Waals surface area contributed by atoms with Crippen molar-refractivity contribution in [3.8, 4) is 5.69 Å². The molecule has 3 N–H and O–H groups in total. The Labute approximate surface area is 125 Å². The van der Waals surface area contributed by atoms with E-state index in [0.717, 1.165) is 12.1 Å². The van der Waals surface area contributed by atoms with E-state index in [1.165, 1.54) is 25.4 Å². The van der Waals surface area contributed by atoms with Crippen molar-refractivity contribution in [2.45, 2.75) is 6.18 Å². The molecule has 0 fully saturated rings. The first kappa shape index (κ1) is 15.6. The number of nitrogens with one attached hydrogen (secondary N) is 1. The number of nitrogens with zero attached hydrogens (tertiary/aromatic N) is 3. The molecule has 1 aromatic heterocycles. The summed E-state index contributed by atoms with van der Waals surface area (Å²) in [5.74, 6) is 0.156. The molecule has 0 saturated carbocycles. The Morgan fingerprint density at radius 3 is 2.50 bits per heavy atom. The van der Waals surface area contributed by atoms with Gasteiger partial charge in [0.05, 0.1) is 17.5 Å². The van der Waals surface area contributed by atoms with E-state index in [2.05, 4.69) is 15.5 Å². The first-order chi connectivity index (χ1) is 10.4. The topological polar surface area (TPSA) is 67.7 Å². The van der Waals surface area contributed by atoms with Crippen LogP contribution >= 0.6 is 0 Å². The number of hydrazone groups is 1. The summed E-state index contributed by atoms with van der Waals surface area (Å²) in [4.78, 5) is 3.68. The van der Waals surface area contributed by atoms with Crippen molar-refractivity contribution in [3.05, 3.63) is 53.9 Å². The molecule has 0 amide bonds. The largest absolute Gasteiger partial charge is 0.416 e. The van der Waals surface area contributed by atoms with Crippen LogP contribution in [0.3, 0.4) is 0 Å². The molecule has 2 aromatic rings. The third-order valence-corrected chi connectivity index (χ3v) is 2.87. The second-order valence-corrected chi connectivity index (χ2v) is 4.33. The van der Waals surface area contributed by atoms with Gasteiger partial charge in [0, 0.05) is 18.9 Å². The normalized spacial score (nSPS) is 12.8. The maximum absolute atomic E-state index is 12.6. The molecule has 0 aliphatic carbocycles. The van der Waals surface area contributed by atoms with E-state index < -0.39 is 11.7 Å². The molecule has 0 bridgehead atoms. The standard InChI is InChI=1S/C14H14F3N5/c1-19-13(18)21-20-9-12-3-2-8-22(12)11-6-4-10(5-7-11)14(15,16)17/h2-9H,1H3,(H3,18,19,21). The predicted molar refractivity (Wildman–Crippen MR) is 79.0 cm³/mol. The fraction of sp³-hybridized carbons (Fsp3) is 0.143. The van der Waals surface area contributed by atoms with Gasteiger partial charge in [-0.1, -0.05) is 0 Å². The number of benzene rings is 1. The van der Waals surface area contributed by atoms with Crippen molar-refractivity contribution in [1.29, 1.82) is 0 Å². The Morgan fingerprint density at radius 2 is 1.91 bits per heavy atom. The molecule has 1 aromatic carbocycles. The SMILES string of the molecule is CN=C(N)NN=Cc1cccn1-c1ccc(C(F)(F)F)cc1. The van der Waals surface area contributed by atoms with Gasteiger partial charge in [-0.2, -0.15) is 18.3 Å². The van der Waals surface area contributed by atoms with E-state index in [4.69, 9.17) is 5.73 Å². The van der Waals surface area contributed by atoms with Crippen molar-refractivity contribution < 1.29 is 13.2 Å². The van der Waals surface area contributed by atoms with Crippen LogP contribution in [-0.2, 0) is 6.18 Å². The number of halogens is 3. The number of aliphatic imine (C=N–C) groups is 1. The molecule has 0 atom stereocenters. The minimum Gasteiger partial charge on any atom is -0.369 e. The van der Waals surface area contributed by atoms with Crippen LogP contribution in [0.25, 0.3) is 5.69 Å². The lowest BCUT2D eigenvalue weighted by molar-refractivity contribution is -0.137. The van der Waals surface area contributed by atoms with Crippen LogP contribution in [0.1, 0.15) is 11.3 Å². The molecule has 0 radical (unpaired) electrons. The van der Waals surface area contributed by atoms with Gasteiger partial charge in [0.2, 0.25) is 5.96 Å². The van der Waals surface area contributed by atoms with Crippen LogP contribution in [0.4, 0.5) is 13.2 Å². The third-order valence-electron chi connectivity index (χ3n) is 2.87. The lowest BCUT2D eigenvalue weighted by Gasteiger charge is -2.09. The van der Waals surface area contributed by atoms with Gasteiger partial charge in [0.1, 0.15) is 0 Å². The lowest BCUT2D eigenvalue weighted by atomic mass is 10.2. The van der Waals surface area contributed by atoms with Crippen LogP contribution in [0.5, 0.6) is 0 Å². The van der Waals surface area contributed by atoms with E-state index in [1.54, 1.807) is 22.9 Å². The Hall–Kier alpha value is -2.77. The summed E-state index contributed by atoms with van der Waals surface area (Å²) in [6, 6.07) is 8.40. The molecule has 116 valence electrons. The van der Waals surface area contributed by atoms with Crippen LogP contribution < -0.4 is 11.2 Å². The highest BCUT2D eigenvalue weighted by atomic mass is 19.4. The van der Waals surface area contributed by atoms with E-state index in [0.29, 0.717) is 11.4 Å². The van der Waals surface area contributed by atoms with Gasteiger partial charge in [-0.25, -0.2) is 5.43 Å². The highest BCUT2D eigenvalue weighted by Crippen LogP contribution is 2.29. The van der Waals surface area contributed by atoms with Crippen LogP contribution in [0.2, 0.25) is 0 Å². The molecule has 0 aliphatic rings. The Morgan fingerprint density at radius 1 is 1.23 bits per heavy atom. The van der Waals surface area contributed by atoms with Gasteiger partial charge in [-0.05, 0) is 36.4 Å². The monoisotopic (exact) mass is 309 g/mol. The van der Waals surface area contributed by atoms with Gasteiger partial charge in [0.15, 0.2) is 0 Å². The zero-order chi connectivity index (χ0) is 16.2. The van der Waals surface area contributed by atoms with E-state index in [-0.39, 0.29) is 5.96 Å². The molecular formula is C14H14F3N5. The predicted octanol–water partition coefficient (Wildman–Crippen LogP) is 2.36. The van der Waals surface area contributed by atoms with Crippen LogP contribution in [-0.4, -0.2) is 23.8 Å². The fourth-order valence-electron chi connectivity index (χ4n) is 1.76. The number of guanidine groups is 1. The molecule has 0 spiro atoms. The molecule has 0 aliphatic heterocycles. The Balaban J connectivity index is 2.22. The number of hydrogen-bond acceptors (Lipinski definition) is 2. The maximum atomic E-state index is 12.6. The molecule has 5 nitrogen and oxygen atoms in total. The number of hydrogen-bond donors (Lipinski definition) is 2. The molecule has 0 saturated heterocycles. The zero-order valence-corrected chi connectivity index (χ0v) is 11.7. The summed E-state index contributed by atoms with van der Waals surface area (Å²) in [5, 5.41) is 3.90. The fourth-order valence-corrected chi connectivity index (χ4v) is 1.76. The molecule has 8 heteroatoms. The number of alkyl halides is 3. The van der Waals surface area contributed by atoms with Crippen molar-refractivity contribution in [2.24, 2.45) is 15.8 Å². The van der Waals surface area contributed by atoms with E-state index in [9.17, 15) is 13.2 Å². The molecule has 2 rings (SSSR count). The smallest absolute Gasteiger partial charge is 0.369 e. The highest BCUT2D eigenvalue weighted by molar-refractivity contribution is 5.82. The minimum atomic E-state index is -4.35. The van der Waals surface area contributed by atoms with Crippen molar-refractivity contribution in [1.82, 2.24) is 9.99 Å². The summed E-state index contributed by atoms with van der Waals surface area (Å²) in [5.41, 5.74) is 8.53. The van der Waals surface area contributed by atoms with Crippen molar-refractivity contribution >= 4 is 12.2 Å². The summed E-state index contributed by atoms with van der Waals surface area (Å²) in [6.07, 6.45) is -1.13. The summed E-state index contributed by atoms with van der Waals surface area (Å²) in [6.45, 7) is 0. The molecular weight excluding hydrogens is 295 g/mol. The molecule has 1 heterocycles. The molecule has 22 heavy (non-hydrogen) atoms. The second-order valence-electron chi connectivity index (χ2n) is 4.33. The quantitative estimate of drug-likeness (QED) is 0.519. The van der Waals surface area contributed by atoms with Crippen LogP contribution in [0.15, 0.2) is 52.7 Å². The highest BCUT2D eigenvalue weighted by Gasteiger charge is 2.29. The second kappa shape index (κ2) is 6.33. The lowest BCUT2D eigenvalue weighted by Crippen LogP contribution is -2.26. The average molecular weight is 309 g/mol. The summed E-state index contributed by atoms with van der Waals surface area (Å²) in [7, 11) is 1.52. The first-order valence-corrected chi connectivity index (χ1v) is 6.28. The summed E-state index contributed by atoms with van der Waals surface area (Å²) < 4.78 is 39.4. The van der Waals surface area contributed by atoms with Gasteiger partial charge in [-0.15, -0.1) is 0 Å². The summed E-state index contributed by atoms with van der Waals surface area (Å²) >= 11 is 0. The number of nitrogens with two attached hydrogens (primary N) is 1. The molecule has 0 unspecified atom stereocenters. The van der Waals surface area contributed by atoms with Crippen LogP contribution in [0, 0.1) is 0 Å². The number of rotatable bonds is 3. The van der Waals surface area contributed by atoms with Gasteiger partial charge >= 0.3 is 6.18 Å². The Bertz CT molecular complexity index is 683.